The van der Waals surface area contributed by atoms with Gasteiger partial charge in [0.05, 0.1) is 5.41 Å². The summed E-state index contributed by atoms with van der Waals surface area (Å²) in [6.45, 7) is 3.12. The van der Waals surface area contributed by atoms with Crippen LogP contribution in [-0.4, -0.2) is 21.0 Å². The first-order valence-electron chi connectivity index (χ1n) is 4.92. The number of hydrogen-bond donors (Lipinski definition) is 1. The van der Waals surface area contributed by atoms with Gasteiger partial charge in [0.25, 0.3) is 0 Å². The van der Waals surface area contributed by atoms with Gasteiger partial charge in [0.2, 0.25) is 5.91 Å². The number of rotatable bonds is 3. The van der Waals surface area contributed by atoms with Crippen molar-refractivity contribution in [2.45, 2.75) is 24.6 Å². The molecule has 1 aliphatic rings. The maximum atomic E-state index is 11.9. The molecule has 17 heavy (non-hydrogen) atoms. The highest BCUT2D eigenvalue weighted by molar-refractivity contribution is 7.14. The molecule has 1 aliphatic carbocycles. The van der Waals surface area contributed by atoms with Crippen molar-refractivity contribution >= 4 is 51.4 Å². The maximum absolute atomic E-state index is 11.9. The SMILES string of the molecule is CC(=O)c1csc(NC(=O)C2(C)CC2(Cl)Cl)n1. The fourth-order valence-electron chi connectivity index (χ4n) is 1.37. The molecule has 1 atom stereocenters. The predicted octanol–water partition coefficient (Wildman–Crippen LogP) is 2.87. The lowest BCUT2D eigenvalue weighted by molar-refractivity contribution is -0.120. The molecule has 92 valence electrons. The van der Waals surface area contributed by atoms with Crippen LogP contribution < -0.4 is 5.32 Å². The van der Waals surface area contributed by atoms with Crippen molar-refractivity contribution in [3.63, 3.8) is 0 Å². The van der Waals surface area contributed by atoms with E-state index >= 15 is 0 Å². The van der Waals surface area contributed by atoms with Crippen LogP contribution in [0, 0.1) is 5.41 Å². The molecule has 0 aliphatic heterocycles. The standard InChI is InChI=1S/C10H10Cl2N2O2S/c1-5(15)6-3-17-8(13-6)14-7(16)9(2)4-10(9,11)12/h3H,4H2,1-2H3,(H,13,14,16). The second-order valence-corrected chi connectivity index (χ2v) is 6.60. The van der Waals surface area contributed by atoms with Crippen molar-refractivity contribution in [2.24, 2.45) is 5.41 Å². The van der Waals surface area contributed by atoms with Gasteiger partial charge in [0.15, 0.2) is 10.9 Å². The molecule has 1 amide bonds. The number of thiazole rings is 1. The van der Waals surface area contributed by atoms with Crippen molar-refractivity contribution in [1.29, 1.82) is 0 Å². The molecular formula is C10H10Cl2N2O2S. The van der Waals surface area contributed by atoms with Crippen LogP contribution in [-0.2, 0) is 4.79 Å². The van der Waals surface area contributed by atoms with Crippen LogP contribution in [0.1, 0.15) is 30.8 Å². The molecule has 0 saturated heterocycles. The smallest absolute Gasteiger partial charge is 0.235 e. The normalized spacial score (nSPS) is 25.4. The van der Waals surface area contributed by atoms with E-state index in [-0.39, 0.29) is 11.7 Å². The number of aromatic nitrogens is 1. The highest BCUT2D eigenvalue weighted by Gasteiger charge is 2.68. The van der Waals surface area contributed by atoms with E-state index in [0.717, 1.165) is 0 Å². The topological polar surface area (TPSA) is 59.1 Å². The lowest BCUT2D eigenvalue weighted by Crippen LogP contribution is -2.25. The third-order valence-corrected chi connectivity index (χ3v) is 4.70. The van der Waals surface area contributed by atoms with E-state index in [0.29, 0.717) is 17.2 Å². The first-order valence-corrected chi connectivity index (χ1v) is 6.55. The van der Waals surface area contributed by atoms with Gasteiger partial charge in [-0.25, -0.2) is 4.98 Å². The Balaban J connectivity index is 2.07. The second-order valence-electron chi connectivity index (χ2n) is 4.26. The molecule has 1 aromatic rings. The van der Waals surface area contributed by atoms with Gasteiger partial charge in [-0.1, -0.05) is 0 Å². The molecule has 0 radical (unpaired) electrons. The molecule has 1 heterocycles. The number of Topliss-reactive ketones (excluding diaryl/α,β-unsaturated/α-hetero) is 1. The van der Waals surface area contributed by atoms with Gasteiger partial charge < -0.3 is 5.32 Å². The zero-order chi connectivity index (χ0) is 12.8. The van der Waals surface area contributed by atoms with Crippen molar-refractivity contribution in [3.05, 3.63) is 11.1 Å². The molecule has 2 rings (SSSR count). The van der Waals surface area contributed by atoms with E-state index in [9.17, 15) is 9.59 Å². The molecule has 0 aromatic carbocycles. The van der Waals surface area contributed by atoms with E-state index in [1.807, 2.05) is 0 Å². The summed E-state index contributed by atoms with van der Waals surface area (Å²) in [5.41, 5.74) is -0.438. The Morgan fingerprint density at radius 1 is 1.53 bits per heavy atom. The first-order chi connectivity index (χ1) is 7.76. The second kappa shape index (κ2) is 3.93. The Kier molecular flexibility index (Phi) is 2.96. The summed E-state index contributed by atoms with van der Waals surface area (Å²) in [5.74, 6) is -0.407. The summed E-state index contributed by atoms with van der Waals surface area (Å²) < 4.78 is -1.00. The fraction of sp³-hybridized carbons (Fsp3) is 0.500. The average molecular weight is 293 g/mol. The molecule has 7 heteroatoms. The van der Waals surface area contributed by atoms with E-state index in [1.54, 1.807) is 12.3 Å². The zero-order valence-corrected chi connectivity index (χ0v) is 11.5. The molecule has 4 nitrogen and oxygen atoms in total. The van der Waals surface area contributed by atoms with Gasteiger partial charge in [0.1, 0.15) is 10.0 Å². The number of halogens is 2. The minimum atomic E-state index is -1.00. The van der Waals surface area contributed by atoms with Crippen LogP contribution in [0.3, 0.4) is 0 Å². The minimum absolute atomic E-state index is 0.136. The Hall–Kier alpha value is -0.650. The van der Waals surface area contributed by atoms with Crippen LogP contribution in [0.15, 0.2) is 5.38 Å². The molecule has 1 fully saturated rings. The van der Waals surface area contributed by atoms with Crippen molar-refractivity contribution < 1.29 is 9.59 Å². The Morgan fingerprint density at radius 2 is 2.12 bits per heavy atom. The monoisotopic (exact) mass is 292 g/mol. The average Bonchev–Trinajstić information content (AvgIpc) is 2.63. The first kappa shape index (κ1) is 12.8. The van der Waals surface area contributed by atoms with Gasteiger partial charge in [-0.3, -0.25) is 9.59 Å². The summed E-state index contributed by atoms with van der Waals surface area (Å²) in [6, 6.07) is 0. The summed E-state index contributed by atoms with van der Waals surface area (Å²) in [7, 11) is 0. The number of ketones is 1. The molecular weight excluding hydrogens is 283 g/mol. The lowest BCUT2D eigenvalue weighted by atomic mass is 10.1. The van der Waals surface area contributed by atoms with Crippen molar-refractivity contribution in [2.75, 3.05) is 5.32 Å². The number of alkyl halides is 2. The van der Waals surface area contributed by atoms with Gasteiger partial charge in [-0.05, 0) is 13.3 Å². The van der Waals surface area contributed by atoms with Crippen molar-refractivity contribution in [1.82, 2.24) is 4.98 Å². The predicted molar refractivity (Wildman–Crippen MR) is 67.9 cm³/mol. The number of carbonyl (C=O) groups excluding carboxylic acids is 2. The molecule has 1 saturated carbocycles. The van der Waals surface area contributed by atoms with Crippen molar-refractivity contribution in [3.8, 4) is 0 Å². The lowest BCUT2D eigenvalue weighted by Gasteiger charge is -2.10. The van der Waals surface area contributed by atoms with Crippen LogP contribution in [0.5, 0.6) is 0 Å². The van der Waals surface area contributed by atoms with Gasteiger partial charge in [-0.2, -0.15) is 0 Å². The molecule has 1 N–H and O–H groups in total. The minimum Gasteiger partial charge on any atom is -0.301 e. The molecule has 1 unspecified atom stereocenters. The number of anilines is 1. The van der Waals surface area contributed by atoms with Crippen LogP contribution in [0.25, 0.3) is 0 Å². The van der Waals surface area contributed by atoms with E-state index in [1.165, 1.54) is 18.3 Å². The third kappa shape index (κ3) is 2.19. The summed E-state index contributed by atoms with van der Waals surface area (Å²) in [5, 5.41) is 4.61. The summed E-state index contributed by atoms with van der Waals surface area (Å²) in [6.07, 6.45) is 0.417. The number of nitrogens with one attached hydrogen (secondary N) is 1. The third-order valence-electron chi connectivity index (χ3n) is 2.84. The van der Waals surface area contributed by atoms with Crippen LogP contribution in [0.2, 0.25) is 0 Å². The number of amides is 1. The van der Waals surface area contributed by atoms with Crippen LogP contribution >= 0.6 is 34.5 Å². The summed E-state index contributed by atoms with van der Waals surface area (Å²) in [4.78, 5) is 26.9. The number of hydrogen-bond acceptors (Lipinski definition) is 4. The Labute approximate surface area is 112 Å². The quantitative estimate of drug-likeness (QED) is 0.688. The highest BCUT2D eigenvalue weighted by atomic mass is 35.5. The summed E-state index contributed by atoms with van der Waals surface area (Å²) >= 11 is 13.0. The van der Waals surface area contributed by atoms with E-state index in [2.05, 4.69) is 10.3 Å². The number of nitrogens with zero attached hydrogens (tertiary/aromatic N) is 1. The van der Waals surface area contributed by atoms with Gasteiger partial charge in [0, 0.05) is 12.3 Å². The van der Waals surface area contributed by atoms with E-state index in [4.69, 9.17) is 23.2 Å². The van der Waals surface area contributed by atoms with Gasteiger partial charge in [-0.15, -0.1) is 34.5 Å². The largest absolute Gasteiger partial charge is 0.301 e. The Bertz CT molecular complexity index is 500. The molecule has 1 aromatic heterocycles. The number of carbonyl (C=O) groups is 2. The highest BCUT2D eigenvalue weighted by Crippen LogP contribution is 2.64. The zero-order valence-electron chi connectivity index (χ0n) is 9.21. The molecule has 0 bridgehead atoms. The van der Waals surface area contributed by atoms with Crippen LogP contribution in [0.4, 0.5) is 5.13 Å². The van der Waals surface area contributed by atoms with E-state index < -0.39 is 9.75 Å². The maximum Gasteiger partial charge on any atom is 0.235 e. The van der Waals surface area contributed by atoms with Gasteiger partial charge >= 0.3 is 0 Å². The fourth-order valence-corrected chi connectivity index (χ4v) is 2.82. The Morgan fingerprint density at radius 3 is 2.53 bits per heavy atom. The molecule has 0 spiro atoms.